The lowest BCUT2D eigenvalue weighted by molar-refractivity contribution is 0.132. The molecule has 3 heterocycles. The van der Waals surface area contributed by atoms with E-state index in [0.717, 1.165) is 87.3 Å². The second-order valence-electron chi connectivity index (χ2n) is 11.3. The third-order valence-corrected chi connectivity index (χ3v) is 8.55. The third kappa shape index (κ3) is 5.60. The first-order valence-corrected chi connectivity index (χ1v) is 15.3. The first-order valence-electron chi connectivity index (χ1n) is 15.3. The number of nitrogens with zero attached hydrogens (tertiary/aromatic N) is 4. The number of rotatable bonds is 10. The van der Waals surface area contributed by atoms with Gasteiger partial charge in [-0.1, -0.05) is 72.8 Å². The Kier molecular flexibility index (Phi) is 7.81. The smallest absolute Gasteiger partial charge is 0.0730 e. The van der Waals surface area contributed by atoms with Crippen LogP contribution in [0.1, 0.15) is 12.8 Å². The van der Waals surface area contributed by atoms with Gasteiger partial charge in [-0.2, -0.15) is 0 Å². The molecule has 2 aromatic heterocycles. The number of pyridine rings is 2. The molecule has 1 saturated heterocycles. The summed E-state index contributed by atoms with van der Waals surface area (Å²) in [7, 11) is 0. The Morgan fingerprint density at radius 2 is 0.762 bits per heavy atom. The number of benzene rings is 4. The van der Waals surface area contributed by atoms with Crippen LogP contribution in [0.15, 0.2) is 97.1 Å². The minimum absolute atomic E-state index is 0.961. The van der Waals surface area contributed by atoms with E-state index >= 15 is 0 Å². The summed E-state index contributed by atoms with van der Waals surface area (Å²) >= 11 is 0. The van der Waals surface area contributed by atoms with Crippen molar-refractivity contribution in [2.75, 3.05) is 63.0 Å². The number of para-hydroxylation sites is 4. The highest BCUT2D eigenvalue weighted by atomic mass is 15.3. The van der Waals surface area contributed by atoms with Crippen LogP contribution in [-0.4, -0.2) is 72.1 Å². The topological polar surface area (TPSA) is 56.3 Å². The Balaban J connectivity index is 0.875. The summed E-state index contributed by atoms with van der Waals surface area (Å²) in [4.78, 5) is 14.9. The molecule has 1 fully saturated rings. The summed E-state index contributed by atoms with van der Waals surface area (Å²) in [5.74, 6) is 0. The van der Waals surface area contributed by atoms with Crippen molar-refractivity contribution < 1.29 is 0 Å². The standard InChI is InChI=1S/C36H38N6/c1-5-15-31-27(11-1)35(28-12-2-6-16-32(28)39-31)37-19-9-21-41-23-25-42(26-24-41)22-10-20-38-36-29-13-3-7-17-33(29)40-34-18-8-4-14-30(34)36/h1-8,11-18H,9-10,19-26H2,(H,37,39)(H,38,40). The van der Waals surface area contributed by atoms with Gasteiger partial charge >= 0.3 is 0 Å². The molecule has 212 valence electrons. The van der Waals surface area contributed by atoms with Crippen molar-refractivity contribution in [1.29, 1.82) is 0 Å². The fraction of sp³-hybridized carbons (Fsp3) is 0.278. The highest BCUT2D eigenvalue weighted by Crippen LogP contribution is 2.31. The lowest BCUT2D eigenvalue weighted by Crippen LogP contribution is -2.47. The van der Waals surface area contributed by atoms with Gasteiger partial charge < -0.3 is 20.4 Å². The van der Waals surface area contributed by atoms with Crippen molar-refractivity contribution in [3.05, 3.63) is 97.1 Å². The maximum Gasteiger partial charge on any atom is 0.0730 e. The summed E-state index contributed by atoms with van der Waals surface area (Å²) in [6.45, 7) is 8.77. The Labute approximate surface area is 247 Å². The zero-order valence-electron chi connectivity index (χ0n) is 24.1. The van der Waals surface area contributed by atoms with E-state index in [0.29, 0.717) is 0 Å². The monoisotopic (exact) mass is 554 g/mol. The fourth-order valence-electron chi connectivity index (χ4n) is 6.33. The molecule has 0 bridgehead atoms. The Morgan fingerprint density at radius 3 is 1.10 bits per heavy atom. The highest BCUT2D eigenvalue weighted by Gasteiger charge is 2.16. The molecule has 7 rings (SSSR count). The predicted octanol–water partition coefficient (Wildman–Crippen LogP) is 7.01. The van der Waals surface area contributed by atoms with E-state index in [4.69, 9.17) is 9.97 Å². The Hall–Kier alpha value is -4.26. The number of piperazine rings is 1. The van der Waals surface area contributed by atoms with E-state index in [2.05, 4.69) is 117 Å². The van der Waals surface area contributed by atoms with Crippen LogP contribution in [0.25, 0.3) is 43.6 Å². The molecule has 0 unspecified atom stereocenters. The number of anilines is 2. The molecule has 0 radical (unpaired) electrons. The van der Waals surface area contributed by atoms with Crippen LogP contribution in [0.3, 0.4) is 0 Å². The van der Waals surface area contributed by atoms with Gasteiger partial charge in [-0.05, 0) is 50.2 Å². The van der Waals surface area contributed by atoms with Crippen LogP contribution in [0.2, 0.25) is 0 Å². The molecule has 2 N–H and O–H groups in total. The molecular weight excluding hydrogens is 516 g/mol. The van der Waals surface area contributed by atoms with Gasteiger partial charge in [0.15, 0.2) is 0 Å². The van der Waals surface area contributed by atoms with Gasteiger partial charge in [0, 0.05) is 60.8 Å². The number of hydrogen-bond donors (Lipinski definition) is 2. The molecule has 0 aliphatic carbocycles. The van der Waals surface area contributed by atoms with Gasteiger partial charge in [0.05, 0.1) is 33.4 Å². The molecule has 6 aromatic rings. The molecule has 0 amide bonds. The molecule has 0 spiro atoms. The predicted molar refractivity (Wildman–Crippen MR) is 178 cm³/mol. The zero-order valence-corrected chi connectivity index (χ0v) is 24.1. The first-order chi connectivity index (χ1) is 20.8. The number of fused-ring (bicyclic) bond motifs is 4. The van der Waals surface area contributed by atoms with Crippen LogP contribution in [-0.2, 0) is 0 Å². The second-order valence-corrected chi connectivity index (χ2v) is 11.3. The summed E-state index contributed by atoms with van der Waals surface area (Å²) < 4.78 is 0. The molecule has 42 heavy (non-hydrogen) atoms. The van der Waals surface area contributed by atoms with Gasteiger partial charge in [0.25, 0.3) is 0 Å². The van der Waals surface area contributed by atoms with Crippen molar-refractivity contribution in [2.45, 2.75) is 12.8 Å². The average Bonchev–Trinajstić information content (AvgIpc) is 3.04. The molecule has 1 aliphatic heterocycles. The van der Waals surface area contributed by atoms with Crippen LogP contribution in [0, 0.1) is 0 Å². The first kappa shape index (κ1) is 26.6. The lowest BCUT2D eigenvalue weighted by Gasteiger charge is -2.34. The van der Waals surface area contributed by atoms with Crippen molar-refractivity contribution in [3.63, 3.8) is 0 Å². The maximum absolute atomic E-state index is 4.85. The van der Waals surface area contributed by atoms with E-state index < -0.39 is 0 Å². The van der Waals surface area contributed by atoms with E-state index in [9.17, 15) is 0 Å². The number of aromatic nitrogens is 2. The minimum atomic E-state index is 0.961. The SMILES string of the molecule is c1ccc2c(NCCCN3CCN(CCCNc4c5ccccc5nc5ccccc45)CC3)c3ccccc3nc2c1. The van der Waals surface area contributed by atoms with E-state index in [1.807, 2.05) is 0 Å². The number of nitrogens with one attached hydrogen (secondary N) is 2. The zero-order chi connectivity index (χ0) is 28.1. The molecule has 0 atom stereocenters. The van der Waals surface area contributed by atoms with Crippen LogP contribution >= 0.6 is 0 Å². The largest absolute Gasteiger partial charge is 0.384 e. The summed E-state index contributed by atoms with van der Waals surface area (Å²) in [5, 5.41) is 12.3. The normalized spacial score (nSPS) is 14.7. The van der Waals surface area contributed by atoms with E-state index in [-0.39, 0.29) is 0 Å². The van der Waals surface area contributed by atoms with Gasteiger partial charge in [-0.15, -0.1) is 0 Å². The fourth-order valence-corrected chi connectivity index (χ4v) is 6.33. The average molecular weight is 555 g/mol. The van der Waals surface area contributed by atoms with Crippen molar-refractivity contribution in [2.24, 2.45) is 0 Å². The molecule has 1 aliphatic rings. The van der Waals surface area contributed by atoms with Crippen molar-refractivity contribution in [3.8, 4) is 0 Å². The van der Waals surface area contributed by atoms with Crippen LogP contribution in [0.5, 0.6) is 0 Å². The second kappa shape index (κ2) is 12.3. The number of hydrogen-bond acceptors (Lipinski definition) is 6. The highest BCUT2D eigenvalue weighted by molar-refractivity contribution is 6.08. The Bertz CT molecular complexity index is 1580. The van der Waals surface area contributed by atoms with Crippen LogP contribution < -0.4 is 10.6 Å². The van der Waals surface area contributed by atoms with Crippen LogP contribution in [0.4, 0.5) is 11.4 Å². The molecule has 4 aromatic carbocycles. The lowest BCUT2D eigenvalue weighted by atomic mass is 10.1. The summed E-state index contributed by atoms with van der Waals surface area (Å²) in [6, 6.07) is 33.8. The van der Waals surface area contributed by atoms with Gasteiger partial charge in [0.2, 0.25) is 0 Å². The molecule has 0 saturated carbocycles. The van der Waals surface area contributed by atoms with Gasteiger partial charge in [0.1, 0.15) is 0 Å². The van der Waals surface area contributed by atoms with Crippen molar-refractivity contribution in [1.82, 2.24) is 19.8 Å². The molecule has 6 heteroatoms. The summed E-state index contributed by atoms with van der Waals surface area (Å²) in [6.07, 6.45) is 2.26. The van der Waals surface area contributed by atoms with E-state index in [1.165, 1.54) is 32.9 Å². The minimum Gasteiger partial charge on any atom is -0.384 e. The molecular formula is C36H38N6. The maximum atomic E-state index is 4.85. The van der Waals surface area contributed by atoms with Gasteiger partial charge in [-0.25, -0.2) is 9.97 Å². The van der Waals surface area contributed by atoms with E-state index in [1.54, 1.807) is 0 Å². The molecule has 6 nitrogen and oxygen atoms in total. The quantitative estimate of drug-likeness (QED) is 0.140. The van der Waals surface area contributed by atoms with Crippen molar-refractivity contribution >= 4 is 55.0 Å². The summed E-state index contributed by atoms with van der Waals surface area (Å²) in [5.41, 5.74) is 6.62. The van der Waals surface area contributed by atoms with Gasteiger partial charge in [-0.3, -0.25) is 0 Å². The third-order valence-electron chi connectivity index (χ3n) is 8.55. The Morgan fingerprint density at radius 1 is 0.452 bits per heavy atom.